The molecule has 0 bridgehead atoms. The fourth-order valence-electron chi connectivity index (χ4n) is 6.31. The smallest absolute Gasteiger partial charge is 0.410 e. The first-order valence-electron chi connectivity index (χ1n) is 15.5. The number of amides is 4. The van der Waals surface area contributed by atoms with Crippen LogP contribution in [0.3, 0.4) is 0 Å². The molecule has 3 aliphatic heterocycles. The Labute approximate surface area is 267 Å². The van der Waals surface area contributed by atoms with E-state index in [0.29, 0.717) is 31.0 Å². The quantitative estimate of drug-likeness (QED) is 0.415. The molecule has 45 heavy (non-hydrogen) atoms. The molecule has 0 unspecified atom stereocenters. The summed E-state index contributed by atoms with van der Waals surface area (Å²) >= 11 is 6.11. The van der Waals surface area contributed by atoms with E-state index in [4.69, 9.17) is 21.1 Å². The van der Waals surface area contributed by atoms with Crippen molar-refractivity contribution >= 4 is 41.6 Å². The number of benzene rings is 1. The average Bonchev–Trinajstić information content (AvgIpc) is 3.26. The Morgan fingerprint density at radius 3 is 2.60 bits per heavy atom. The molecule has 0 radical (unpaired) electrons. The van der Waals surface area contributed by atoms with Gasteiger partial charge in [-0.2, -0.15) is 0 Å². The second-order valence-electron chi connectivity index (χ2n) is 13.4. The zero-order chi connectivity index (χ0) is 32.5. The van der Waals surface area contributed by atoms with Crippen LogP contribution in [-0.2, 0) is 36.9 Å². The van der Waals surface area contributed by atoms with Gasteiger partial charge in [0.15, 0.2) is 0 Å². The van der Waals surface area contributed by atoms with Crippen molar-refractivity contribution in [1.29, 1.82) is 0 Å². The lowest BCUT2D eigenvalue weighted by atomic mass is 10.0. The van der Waals surface area contributed by atoms with Crippen molar-refractivity contribution in [2.45, 2.75) is 108 Å². The maximum absolute atomic E-state index is 14.1. The number of fused-ring (bicyclic) bond motifs is 3. The minimum atomic E-state index is -1.46. The maximum atomic E-state index is 14.1. The molecule has 3 heterocycles. The molecule has 1 aromatic rings. The monoisotopic (exact) mass is 644 g/mol. The highest BCUT2D eigenvalue weighted by Crippen LogP contribution is 2.45. The Morgan fingerprint density at radius 2 is 1.87 bits per heavy atom. The van der Waals surface area contributed by atoms with Crippen molar-refractivity contribution < 1.29 is 38.6 Å². The highest BCUT2D eigenvalue weighted by Gasteiger charge is 2.61. The third kappa shape index (κ3) is 7.54. The summed E-state index contributed by atoms with van der Waals surface area (Å²) in [6.07, 6.45) is 5.08. The van der Waals surface area contributed by atoms with Crippen molar-refractivity contribution in [2.75, 3.05) is 6.54 Å². The first-order valence-corrected chi connectivity index (χ1v) is 15.9. The summed E-state index contributed by atoms with van der Waals surface area (Å²) in [4.78, 5) is 68.9. The number of carboxylic acid groups (broad SMARTS) is 1. The van der Waals surface area contributed by atoms with Gasteiger partial charge in [0.25, 0.3) is 0 Å². The number of aliphatic carboxylic acids is 1. The van der Waals surface area contributed by atoms with Crippen LogP contribution >= 0.6 is 11.6 Å². The van der Waals surface area contributed by atoms with Crippen LogP contribution in [0.2, 0.25) is 5.02 Å². The standard InChI is InChI=1S/C32H41ClN4O8/c1-31(2,3)45-29(42)34-24-10-8-6-4-5-7-9-21-15-32(21,28(40)41)35-26(38)25-14-23(18-37(25)27(24)39)44-30(43)36-16-19-11-12-22(33)13-20(19)17-36/h7,9,11-13,21,23-25H,4-6,8,10,14-18H2,1-3H3,(H,34,42)(H,35,38)(H,40,41)/b9-7-/t21-,23+,24-,25-,32+/m0/s1. The number of nitrogens with zero attached hydrogens (tertiary/aromatic N) is 2. The number of nitrogens with one attached hydrogen (secondary N) is 2. The van der Waals surface area contributed by atoms with Gasteiger partial charge in [-0.05, 0) is 69.7 Å². The van der Waals surface area contributed by atoms with Crippen LogP contribution in [0.4, 0.5) is 9.59 Å². The predicted molar refractivity (Wildman–Crippen MR) is 163 cm³/mol. The third-order valence-corrected chi connectivity index (χ3v) is 8.96. The number of rotatable bonds is 3. The van der Waals surface area contributed by atoms with Gasteiger partial charge in [0.1, 0.15) is 29.3 Å². The van der Waals surface area contributed by atoms with Crippen LogP contribution in [-0.4, -0.2) is 80.7 Å². The second kappa shape index (κ2) is 12.9. The molecule has 12 nitrogen and oxygen atoms in total. The topological polar surface area (TPSA) is 155 Å². The number of ether oxygens (including phenoxy) is 2. The minimum Gasteiger partial charge on any atom is -0.479 e. The number of allylic oxidation sites excluding steroid dienone is 1. The molecule has 4 amide bonds. The Bertz CT molecular complexity index is 1390. The van der Waals surface area contributed by atoms with E-state index in [-0.39, 0.29) is 25.3 Å². The predicted octanol–water partition coefficient (Wildman–Crippen LogP) is 4.13. The van der Waals surface area contributed by atoms with E-state index in [1.54, 1.807) is 32.9 Å². The average molecular weight is 645 g/mol. The van der Waals surface area contributed by atoms with E-state index < -0.39 is 59.3 Å². The van der Waals surface area contributed by atoms with E-state index in [9.17, 15) is 29.1 Å². The number of halogens is 1. The lowest BCUT2D eigenvalue weighted by Crippen LogP contribution is -2.56. The van der Waals surface area contributed by atoms with Crippen LogP contribution in [0.5, 0.6) is 0 Å². The van der Waals surface area contributed by atoms with Crippen LogP contribution in [0.15, 0.2) is 30.4 Å². The van der Waals surface area contributed by atoms with E-state index in [2.05, 4.69) is 10.6 Å². The highest BCUT2D eigenvalue weighted by molar-refractivity contribution is 6.30. The zero-order valence-electron chi connectivity index (χ0n) is 25.8. The summed E-state index contributed by atoms with van der Waals surface area (Å²) in [6, 6.07) is 3.31. The van der Waals surface area contributed by atoms with Crippen LogP contribution in [0.1, 0.15) is 76.8 Å². The number of alkyl carbamates (subject to hydrolysis) is 1. The Hall–Kier alpha value is -3.80. The molecule has 244 valence electrons. The van der Waals surface area contributed by atoms with Gasteiger partial charge in [-0.3, -0.25) is 14.5 Å². The lowest BCUT2D eigenvalue weighted by molar-refractivity contribution is -0.145. The zero-order valence-corrected chi connectivity index (χ0v) is 26.6. The van der Waals surface area contributed by atoms with Crippen molar-refractivity contribution in [3.63, 3.8) is 0 Å². The van der Waals surface area contributed by atoms with Crippen molar-refractivity contribution in [3.05, 3.63) is 46.5 Å². The molecule has 5 rings (SSSR count). The van der Waals surface area contributed by atoms with Gasteiger partial charge >= 0.3 is 18.2 Å². The number of carbonyl (C=O) groups excluding carboxylic acids is 4. The van der Waals surface area contributed by atoms with Gasteiger partial charge in [-0.15, -0.1) is 0 Å². The van der Waals surface area contributed by atoms with Gasteiger partial charge < -0.3 is 30.1 Å². The number of carboxylic acids is 1. The molecule has 4 aliphatic rings. The Balaban J connectivity index is 1.36. The Morgan fingerprint density at radius 1 is 1.11 bits per heavy atom. The number of hydrogen-bond donors (Lipinski definition) is 3. The van der Waals surface area contributed by atoms with Crippen molar-refractivity contribution in [1.82, 2.24) is 20.4 Å². The SMILES string of the molecule is CC(C)(C)OC(=O)N[C@H]1CCCCC/C=C\[C@H]2C[C@@]2(C(=O)O)NC(=O)[C@@H]2C[C@@H](OC(=O)N3Cc4ccc(Cl)cc4C3)CN2C1=O. The normalized spacial score (nSPS) is 29.2. The Kier molecular flexibility index (Phi) is 9.34. The summed E-state index contributed by atoms with van der Waals surface area (Å²) in [5, 5.41) is 16.0. The van der Waals surface area contributed by atoms with Crippen LogP contribution in [0, 0.1) is 5.92 Å². The summed E-state index contributed by atoms with van der Waals surface area (Å²) in [6.45, 7) is 5.71. The summed E-state index contributed by atoms with van der Waals surface area (Å²) in [5.74, 6) is -2.68. The molecule has 5 atom stereocenters. The lowest BCUT2D eigenvalue weighted by Gasteiger charge is -2.30. The molecule has 1 aliphatic carbocycles. The van der Waals surface area contributed by atoms with E-state index in [1.807, 2.05) is 18.2 Å². The molecular weight excluding hydrogens is 604 g/mol. The second-order valence-corrected chi connectivity index (χ2v) is 13.8. The summed E-state index contributed by atoms with van der Waals surface area (Å²) in [5.41, 5.74) is -0.390. The molecule has 3 N–H and O–H groups in total. The fraction of sp³-hybridized carbons (Fsp3) is 0.594. The molecule has 1 saturated heterocycles. The van der Waals surface area contributed by atoms with E-state index >= 15 is 0 Å². The molecule has 2 fully saturated rings. The minimum absolute atomic E-state index is 0.0225. The van der Waals surface area contributed by atoms with E-state index in [0.717, 1.165) is 30.4 Å². The number of carbonyl (C=O) groups is 5. The largest absolute Gasteiger partial charge is 0.479 e. The fourth-order valence-corrected chi connectivity index (χ4v) is 6.50. The van der Waals surface area contributed by atoms with Crippen molar-refractivity contribution in [2.24, 2.45) is 5.92 Å². The summed E-state index contributed by atoms with van der Waals surface area (Å²) < 4.78 is 11.2. The van der Waals surface area contributed by atoms with Gasteiger partial charge in [-0.1, -0.05) is 42.7 Å². The van der Waals surface area contributed by atoms with Crippen molar-refractivity contribution in [3.8, 4) is 0 Å². The molecule has 0 spiro atoms. The van der Waals surface area contributed by atoms with Gasteiger partial charge in [0, 0.05) is 30.5 Å². The van der Waals surface area contributed by atoms with Gasteiger partial charge in [-0.25, -0.2) is 14.4 Å². The van der Waals surface area contributed by atoms with Gasteiger partial charge in [0.05, 0.1) is 6.54 Å². The molecule has 0 aromatic heterocycles. The maximum Gasteiger partial charge on any atom is 0.410 e. The first kappa shape index (κ1) is 32.6. The van der Waals surface area contributed by atoms with Crippen LogP contribution in [0.25, 0.3) is 0 Å². The first-order chi connectivity index (χ1) is 21.3. The summed E-state index contributed by atoms with van der Waals surface area (Å²) in [7, 11) is 0. The number of hydrogen-bond acceptors (Lipinski definition) is 7. The third-order valence-electron chi connectivity index (χ3n) is 8.73. The van der Waals surface area contributed by atoms with Gasteiger partial charge in [0.2, 0.25) is 11.8 Å². The molecule has 1 aromatic carbocycles. The molecule has 13 heteroatoms. The highest BCUT2D eigenvalue weighted by atomic mass is 35.5. The molecular formula is C32H41ClN4O8. The van der Waals surface area contributed by atoms with E-state index in [1.165, 1.54) is 9.80 Å². The molecule has 1 saturated carbocycles. The van der Waals surface area contributed by atoms with Crippen LogP contribution < -0.4 is 10.6 Å².